The molecule has 0 aliphatic carbocycles. The number of hydrogen-bond acceptors (Lipinski definition) is 5. The van der Waals surface area contributed by atoms with E-state index in [0.717, 1.165) is 54.5 Å². The van der Waals surface area contributed by atoms with Crippen LogP contribution in [0.2, 0.25) is 5.02 Å². The number of halogens is 1. The average molecular weight is 475 g/mol. The first-order valence-electron chi connectivity index (χ1n) is 11.8. The van der Waals surface area contributed by atoms with Crippen LogP contribution in [0.1, 0.15) is 36.1 Å². The summed E-state index contributed by atoms with van der Waals surface area (Å²) in [5, 5.41) is 5.23. The van der Waals surface area contributed by atoms with E-state index in [0.29, 0.717) is 39.3 Å². The molecule has 4 rings (SSSR count). The van der Waals surface area contributed by atoms with Crippen molar-refractivity contribution in [3.63, 3.8) is 0 Å². The number of nitrogens with zero attached hydrogens (tertiary/aromatic N) is 4. The smallest absolute Gasteiger partial charge is 0.223 e. The van der Waals surface area contributed by atoms with Gasteiger partial charge in [-0.25, -0.2) is 0 Å². The third kappa shape index (κ3) is 6.08. The second-order valence-corrected chi connectivity index (χ2v) is 10.0. The Morgan fingerprint density at radius 1 is 1.24 bits per heavy atom. The maximum Gasteiger partial charge on any atom is 0.223 e. The van der Waals surface area contributed by atoms with Crippen molar-refractivity contribution in [1.29, 1.82) is 0 Å². The number of aromatic nitrogens is 2. The lowest BCUT2D eigenvalue weighted by Gasteiger charge is -2.43. The highest BCUT2D eigenvalue weighted by molar-refractivity contribution is 6.31. The Balaban J connectivity index is 1.50. The number of ether oxygens (including phenoxy) is 2. The molecular formula is C25H35ClN4O3. The zero-order valence-corrected chi connectivity index (χ0v) is 20.7. The number of amides is 1. The number of rotatable bonds is 7. The molecule has 7 nitrogen and oxygen atoms in total. The Hall–Kier alpha value is -2.09. The van der Waals surface area contributed by atoms with Gasteiger partial charge in [-0.05, 0) is 57.0 Å². The fourth-order valence-electron chi connectivity index (χ4n) is 4.99. The molecule has 1 atom stereocenters. The molecule has 1 amide bonds. The van der Waals surface area contributed by atoms with Crippen LogP contribution in [0, 0.1) is 19.3 Å². The predicted molar refractivity (Wildman–Crippen MR) is 129 cm³/mol. The average Bonchev–Trinajstić information content (AvgIpc) is 3.12. The van der Waals surface area contributed by atoms with E-state index in [1.807, 2.05) is 41.8 Å². The third-order valence-electron chi connectivity index (χ3n) is 6.81. The monoisotopic (exact) mass is 474 g/mol. The summed E-state index contributed by atoms with van der Waals surface area (Å²) in [5.41, 5.74) is 3.05. The van der Waals surface area contributed by atoms with Gasteiger partial charge in [0.05, 0.1) is 25.5 Å². The molecule has 2 aromatic rings. The van der Waals surface area contributed by atoms with Crippen molar-refractivity contribution < 1.29 is 14.3 Å². The van der Waals surface area contributed by atoms with E-state index < -0.39 is 0 Å². The van der Waals surface area contributed by atoms with Gasteiger partial charge in [0.1, 0.15) is 5.75 Å². The lowest BCUT2D eigenvalue weighted by Crippen LogP contribution is -2.50. The SMILES string of the molecule is Cc1cc(OC[C@@]2(CC(=O)N3CCOCC3)CCCN(Cc3cn(C)nc3C)C2)ccc1Cl. The second kappa shape index (κ2) is 10.5. The molecule has 2 fully saturated rings. The molecule has 0 radical (unpaired) electrons. The number of hydrogen-bond donors (Lipinski definition) is 0. The Labute approximate surface area is 201 Å². The largest absolute Gasteiger partial charge is 0.493 e. The molecule has 2 aliphatic rings. The summed E-state index contributed by atoms with van der Waals surface area (Å²) in [6, 6.07) is 5.75. The Kier molecular flexibility index (Phi) is 7.62. The molecule has 2 aliphatic heterocycles. The predicted octanol–water partition coefficient (Wildman–Crippen LogP) is 3.60. The van der Waals surface area contributed by atoms with E-state index in [1.54, 1.807) is 0 Å². The van der Waals surface area contributed by atoms with Crippen molar-refractivity contribution >= 4 is 17.5 Å². The molecule has 0 saturated carbocycles. The minimum absolute atomic E-state index is 0.202. The van der Waals surface area contributed by atoms with Crippen molar-refractivity contribution in [2.45, 2.75) is 39.7 Å². The van der Waals surface area contributed by atoms with Crippen LogP contribution in [-0.4, -0.2) is 71.5 Å². The van der Waals surface area contributed by atoms with Gasteiger partial charge in [0, 0.05) is 61.8 Å². The molecule has 180 valence electrons. The lowest BCUT2D eigenvalue weighted by atomic mass is 9.77. The Morgan fingerprint density at radius 2 is 2.03 bits per heavy atom. The molecule has 1 aromatic carbocycles. The van der Waals surface area contributed by atoms with Crippen LogP contribution in [0.25, 0.3) is 0 Å². The standard InChI is InChI=1S/C25H35ClN4O3/c1-19-13-22(5-6-23(19)26)33-18-25(14-24(31)30-9-11-32-12-10-30)7-4-8-29(17-25)16-21-15-28(3)27-20(21)2/h5-6,13,15H,4,7-12,14,16-18H2,1-3H3/t25-/m1/s1. The van der Waals surface area contributed by atoms with Gasteiger partial charge in [-0.3, -0.25) is 14.4 Å². The van der Waals surface area contributed by atoms with E-state index in [-0.39, 0.29) is 11.3 Å². The fourth-order valence-corrected chi connectivity index (χ4v) is 5.11. The first-order chi connectivity index (χ1) is 15.8. The zero-order valence-electron chi connectivity index (χ0n) is 20.0. The number of carbonyl (C=O) groups excluding carboxylic acids is 1. The van der Waals surface area contributed by atoms with Crippen molar-refractivity contribution in [3.05, 3.63) is 46.2 Å². The molecule has 0 bridgehead atoms. The van der Waals surface area contributed by atoms with Gasteiger partial charge in [0.2, 0.25) is 5.91 Å². The Bertz CT molecular complexity index is 973. The highest BCUT2D eigenvalue weighted by Gasteiger charge is 2.40. The summed E-state index contributed by atoms with van der Waals surface area (Å²) < 4.78 is 13.6. The van der Waals surface area contributed by atoms with Crippen molar-refractivity contribution in [2.24, 2.45) is 12.5 Å². The minimum Gasteiger partial charge on any atom is -0.493 e. The first-order valence-corrected chi connectivity index (χ1v) is 12.2. The highest BCUT2D eigenvalue weighted by atomic mass is 35.5. The summed E-state index contributed by atoms with van der Waals surface area (Å²) in [6.45, 7) is 9.80. The van der Waals surface area contributed by atoms with Gasteiger partial charge in [0.15, 0.2) is 0 Å². The number of benzene rings is 1. The van der Waals surface area contributed by atoms with Gasteiger partial charge in [0.25, 0.3) is 0 Å². The number of morpholine rings is 1. The molecule has 0 N–H and O–H groups in total. The lowest BCUT2D eigenvalue weighted by molar-refractivity contribution is -0.139. The van der Waals surface area contributed by atoms with Crippen molar-refractivity contribution in [2.75, 3.05) is 46.0 Å². The van der Waals surface area contributed by atoms with E-state index in [1.165, 1.54) is 5.56 Å². The van der Waals surface area contributed by atoms with E-state index in [2.05, 4.69) is 23.1 Å². The third-order valence-corrected chi connectivity index (χ3v) is 7.24. The van der Waals surface area contributed by atoms with Gasteiger partial charge < -0.3 is 14.4 Å². The highest BCUT2D eigenvalue weighted by Crippen LogP contribution is 2.36. The van der Waals surface area contributed by atoms with Crippen LogP contribution in [-0.2, 0) is 23.1 Å². The molecule has 3 heterocycles. The van der Waals surface area contributed by atoms with Crippen molar-refractivity contribution in [1.82, 2.24) is 19.6 Å². The van der Waals surface area contributed by atoms with Gasteiger partial charge in [-0.2, -0.15) is 5.10 Å². The first kappa shape index (κ1) is 24.0. The summed E-state index contributed by atoms with van der Waals surface area (Å²) >= 11 is 6.19. The zero-order chi connectivity index (χ0) is 23.4. The molecule has 0 spiro atoms. The van der Waals surface area contributed by atoms with Crippen LogP contribution in [0.15, 0.2) is 24.4 Å². The van der Waals surface area contributed by atoms with Gasteiger partial charge in [-0.15, -0.1) is 0 Å². The summed E-state index contributed by atoms with van der Waals surface area (Å²) in [4.78, 5) is 17.7. The van der Waals surface area contributed by atoms with E-state index in [4.69, 9.17) is 21.1 Å². The number of piperidine rings is 1. The molecule has 0 unspecified atom stereocenters. The van der Waals surface area contributed by atoms with Gasteiger partial charge in [-0.1, -0.05) is 11.6 Å². The van der Waals surface area contributed by atoms with Gasteiger partial charge >= 0.3 is 0 Å². The van der Waals surface area contributed by atoms with Crippen LogP contribution in [0.4, 0.5) is 0 Å². The number of aryl methyl sites for hydroxylation is 3. The van der Waals surface area contributed by atoms with Crippen LogP contribution in [0.3, 0.4) is 0 Å². The topological polar surface area (TPSA) is 59.8 Å². The minimum atomic E-state index is -0.239. The summed E-state index contributed by atoms with van der Waals surface area (Å²) in [6.07, 6.45) is 4.59. The molecule has 33 heavy (non-hydrogen) atoms. The molecular weight excluding hydrogens is 440 g/mol. The number of carbonyl (C=O) groups is 1. The van der Waals surface area contributed by atoms with Crippen molar-refractivity contribution in [3.8, 4) is 5.75 Å². The normalized spacial score (nSPS) is 21.9. The summed E-state index contributed by atoms with van der Waals surface area (Å²) in [7, 11) is 1.96. The molecule has 2 saturated heterocycles. The van der Waals surface area contributed by atoms with Crippen LogP contribution in [0.5, 0.6) is 5.75 Å². The quantitative estimate of drug-likeness (QED) is 0.613. The fraction of sp³-hybridized carbons (Fsp3) is 0.600. The van der Waals surface area contributed by atoms with Crippen LogP contribution < -0.4 is 4.74 Å². The molecule has 8 heteroatoms. The van der Waals surface area contributed by atoms with Crippen LogP contribution >= 0.6 is 11.6 Å². The maximum absolute atomic E-state index is 13.3. The van der Waals surface area contributed by atoms with E-state index >= 15 is 0 Å². The number of likely N-dealkylation sites (tertiary alicyclic amines) is 1. The second-order valence-electron chi connectivity index (χ2n) is 9.60. The Morgan fingerprint density at radius 3 is 2.73 bits per heavy atom. The maximum atomic E-state index is 13.3. The van der Waals surface area contributed by atoms with E-state index in [9.17, 15) is 4.79 Å². The molecule has 1 aromatic heterocycles. The summed E-state index contributed by atoms with van der Waals surface area (Å²) in [5.74, 6) is 1.00.